The minimum absolute atomic E-state index is 0.0169. The van der Waals surface area contributed by atoms with Crippen LogP contribution in [0.15, 0.2) is 42.5 Å². The monoisotopic (exact) mass is 397 g/mol. The summed E-state index contributed by atoms with van der Waals surface area (Å²) in [7, 11) is 1.52. The number of anilines is 1. The molecule has 2 aromatic carbocycles. The Kier molecular flexibility index (Phi) is 5.08. The van der Waals surface area contributed by atoms with Gasteiger partial charge in [-0.1, -0.05) is 0 Å². The van der Waals surface area contributed by atoms with Gasteiger partial charge in [0.05, 0.1) is 18.2 Å². The van der Waals surface area contributed by atoms with Crippen LogP contribution in [0.4, 0.5) is 22.7 Å². The number of amides is 1. The predicted octanol–water partition coefficient (Wildman–Crippen LogP) is 4.62. The molecule has 10 heteroatoms. The summed E-state index contributed by atoms with van der Waals surface area (Å²) in [5.74, 6) is -1.21. The van der Waals surface area contributed by atoms with Gasteiger partial charge in [0.25, 0.3) is 5.91 Å². The number of rotatable bonds is 4. The SMILES string of the molecule is COc1ccc(-c2nsc(NC(=O)c3ccc(F)cc3C(F)(F)F)n2)cc1. The molecule has 27 heavy (non-hydrogen) atoms. The number of aromatic nitrogens is 2. The van der Waals surface area contributed by atoms with Crippen LogP contribution in [0, 0.1) is 5.82 Å². The zero-order valence-corrected chi connectivity index (χ0v) is 14.5. The molecule has 1 amide bonds. The van der Waals surface area contributed by atoms with E-state index < -0.39 is 29.0 Å². The molecule has 0 atom stereocenters. The van der Waals surface area contributed by atoms with E-state index >= 15 is 0 Å². The lowest BCUT2D eigenvalue weighted by Crippen LogP contribution is -2.19. The maximum Gasteiger partial charge on any atom is 0.417 e. The maximum atomic E-state index is 13.2. The summed E-state index contributed by atoms with van der Waals surface area (Å²) in [5.41, 5.74) is -1.42. The predicted molar refractivity (Wildman–Crippen MR) is 91.3 cm³/mol. The third-order valence-electron chi connectivity index (χ3n) is 3.53. The molecule has 0 aliphatic rings. The molecule has 0 saturated heterocycles. The number of ether oxygens (including phenoxy) is 1. The first-order valence-electron chi connectivity index (χ1n) is 7.44. The number of carbonyl (C=O) groups excluding carboxylic acids is 1. The summed E-state index contributed by atoms with van der Waals surface area (Å²) in [6.07, 6.45) is -4.87. The van der Waals surface area contributed by atoms with Crippen LogP contribution in [-0.4, -0.2) is 22.4 Å². The largest absolute Gasteiger partial charge is 0.497 e. The second-order valence-corrected chi connectivity index (χ2v) is 6.05. The third-order valence-corrected chi connectivity index (χ3v) is 4.16. The van der Waals surface area contributed by atoms with E-state index in [1.54, 1.807) is 24.3 Å². The van der Waals surface area contributed by atoms with Crippen molar-refractivity contribution in [1.29, 1.82) is 0 Å². The zero-order valence-electron chi connectivity index (χ0n) is 13.7. The minimum Gasteiger partial charge on any atom is -0.497 e. The highest BCUT2D eigenvalue weighted by atomic mass is 32.1. The molecule has 0 bridgehead atoms. The molecule has 3 aromatic rings. The van der Waals surface area contributed by atoms with E-state index in [4.69, 9.17) is 4.74 Å². The Hall–Kier alpha value is -3.01. The van der Waals surface area contributed by atoms with E-state index in [9.17, 15) is 22.4 Å². The lowest BCUT2D eigenvalue weighted by atomic mass is 10.1. The number of benzene rings is 2. The molecule has 1 N–H and O–H groups in total. The van der Waals surface area contributed by atoms with Crippen LogP contribution in [0.3, 0.4) is 0 Å². The van der Waals surface area contributed by atoms with Crippen molar-refractivity contribution in [2.75, 3.05) is 12.4 Å². The van der Waals surface area contributed by atoms with Crippen LogP contribution < -0.4 is 10.1 Å². The summed E-state index contributed by atoms with van der Waals surface area (Å²) in [6, 6.07) is 8.64. The van der Waals surface area contributed by atoms with Crippen molar-refractivity contribution in [3.8, 4) is 17.1 Å². The van der Waals surface area contributed by atoms with Crippen molar-refractivity contribution >= 4 is 22.6 Å². The summed E-state index contributed by atoms with van der Waals surface area (Å²) in [4.78, 5) is 16.3. The molecule has 5 nitrogen and oxygen atoms in total. The molecule has 3 rings (SSSR count). The van der Waals surface area contributed by atoms with Gasteiger partial charge < -0.3 is 4.74 Å². The van der Waals surface area contributed by atoms with Gasteiger partial charge in [0.15, 0.2) is 5.82 Å². The lowest BCUT2D eigenvalue weighted by molar-refractivity contribution is -0.138. The van der Waals surface area contributed by atoms with Gasteiger partial charge in [-0.2, -0.15) is 22.5 Å². The standard InChI is InChI=1S/C17H11F4N3O2S/c1-26-11-5-2-9(3-6-11)14-22-16(27-24-14)23-15(25)12-7-4-10(18)8-13(12)17(19,20)21/h2-8H,1H3,(H,22,23,24,25). The Morgan fingerprint density at radius 3 is 2.48 bits per heavy atom. The van der Waals surface area contributed by atoms with Gasteiger partial charge >= 0.3 is 6.18 Å². The number of halogens is 4. The fourth-order valence-corrected chi connectivity index (χ4v) is 2.83. The highest BCUT2D eigenvalue weighted by molar-refractivity contribution is 7.10. The molecular formula is C17H11F4N3O2S. The van der Waals surface area contributed by atoms with Gasteiger partial charge in [-0.15, -0.1) is 0 Å². The van der Waals surface area contributed by atoms with Crippen LogP contribution >= 0.6 is 11.5 Å². The van der Waals surface area contributed by atoms with Crippen LogP contribution in [0.1, 0.15) is 15.9 Å². The second-order valence-electron chi connectivity index (χ2n) is 5.29. The van der Waals surface area contributed by atoms with Gasteiger partial charge in [0, 0.05) is 17.1 Å². The molecule has 0 aliphatic carbocycles. The fraction of sp³-hybridized carbons (Fsp3) is 0.118. The van der Waals surface area contributed by atoms with E-state index in [0.717, 1.165) is 23.7 Å². The first kappa shape index (κ1) is 18.8. The summed E-state index contributed by atoms with van der Waals surface area (Å²) in [6.45, 7) is 0. The van der Waals surface area contributed by atoms with Crippen molar-refractivity contribution in [2.24, 2.45) is 0 Å². The average Bonchev–Trinajstić information content (AvgIpc) is 3.09. The van der Waals surface area contributed by atoms with Gasteiger partial charge in [-0.25, -0.2) is 4.39 Å². The molecule has 0 saturated carbocycles. The molecule has 0 aliphatic heterocycles. The highest BCUT2D eigenvalue weighted by Gasteiger charge is 2.35. The number of nitrogens with one attached hydrogen (secondary N) is 1. The topological polar surface area (TPSA) is 64.1 Å². The highest BCUT2D eigenvalue weighted by Crippen LogP contribution is 2.33. The molecule has 0 fully saturated rings. The Labute approximate surface area is 154 Å². The molecule has 0 spiro atoms. The lowest BCUT2D eigenvalue weighted by Gasteiger charge is -2.12. The quantitative estimate of drug-likeness (QED) is 0.653. The number of nitrogens with zero attached hydrogens (tertiary/aromatic N) is 2. The zero-order chi connectivity index (χ0) is 19.6. The van der Waals surface area contributed by atoms with Crippen LogP contribution in [-0.2, 0) is 6.18 Å². The first-order chi connectivity index (χ1) is 12.8. The summed E-state index contributed by atoms with van der Waals surface area (Å²) in [5, 5.41) is 2.28. The van der Waals surface area contributed by atoms with Crippen molar-refractivity contribution in [2.45, 2.75) is 6.18 Å². The molecular weight excluding hydrogens is 386 g/mol. The molecule has 0 unspecified atom stereocenters. The van der Waals surface area contributed by atoms with Crippen molar-refractivity contribution < 1.29 is 27.1 Å². The number of hydrogen-bond donors (Lipinski definition) is 1. The summed E-state index contributed by atoms with van der Waals surface area (Å²) < 4.78 is 61.4. The smallest absolute Gasteiger partial charge is 0.417 e. The van der Waals surface area contributed by atoms with Crippen molar-refractivity contribution in [3.63, 3.8) is 0 Å². The number of methoxy groups -OCH3 is 1. The molecule has 1 heterocycles. The van der Waals surface area contributed by atoms with Gasteiger partial charge in [0.2, 0.25) is 5.13 Å². The van der Waals surface area contributed by atoms with Gasteiger partial charge in [0.1, 0.15) is 11.6 Å². The Morgan fingerprint density at radius 1 is 1.15 bits per heavy atom. The van der Waals surface area contributed by atoms with Crippen molar-refractivity contribution in [1.82, 2.24) is 9.36 Å². The Morgan fingerprint density at radius 2 is 1.85 bits per heavy atom. The first-order valence-corrected chi connectivity index (χ1v) is 8.21. The van der Waals surface area contributed by atoms with E-state index in [1.807, 2.05) is 0 Å². The Balaban J connectivity index is 1.82. The maximum absolute atomic E-state index is 13.2. The molecule has 140 valence electrons. The molecule has 0 radical (unpaired) electrons. The van der Waals surface area contributed by atoms with E-state index in [0.29, 0.717) is 17.1 Å². The van der Waals surface area contributed by atoms with Crippen LogP contribution in [0.25, 0.3) is 11.4 Å². The summed E-state index contributed by atoms with van der Waals surface area (Å²) >= 11 is 0.814. The molecule has 1 aromatic heterocycles. The van der Waals surface area contributed by atoms with Crippen molar-refractivity contribution in [3.05, 3.63) is 59.4 Å². The van der Waals surface area contributed by atoms with E-state index in [2.05, 4.69) is 14.7 Å². The number of carbonyl (C=O) groups is 1. The average molecular weight is 397 g/mol. The second kappa shape index (κ2) is 7.31. The van der Waals surface area contributed by atoms with Crippen LogP contribution in [0.5, 0.6) is 5.75 Å². The van der Waals surface area contributed by atoms with E-state index in [-0.39, 0.29) is 11.2 Å². The van der Waals surface area contributed by atoms with Gasteiger partial charge in [-0.3, -0.25) is 10.1 Å². The normalized spacial score (nSPS) is 11.3. The van der Waals surface area contributed by atoms with Crippen LogP contribution in [0.2, 0.25) is 0 Å². The third kappa shape index (κ3) is 4.22. The fourth-order valence-electron chi connectivity index (χ4n) is 2.25. The Bertz CT molecular complexity index is 971. The number of hydrogen-bond acceptors (Lipinski definition) is 5. The van der Waals surface area contributed by atoms with E-state index in [1.165, 1.54) is 7.11 Å². The minimum atomic E-state index is -4.87. The number of alkyl halides is 3. The van der Waals surface area contributed by atoms with Gasteiger partial charge in [-0.05, 0) is 42.5 Å².